The molecule has 1 aromatic carbocycles. The van der Waals surface area contributed by atoms with Crippen molar-refractivity contribution in [2.75, 3.05) is 0 Å². The minimum Gasteiger partial charge on any atom is -0.198 e. The van der Waals surface area contributed by atoms with Crippen LogP contribution in [0.1, 0.15) is 25.8 Å². The molecule has 0 radical (unpaired) electrons. The van der Waals surface area contributed by atoms with Gasteiger partial charge >= 0.3 is 0 Å². The lowest BCUT2D eigenvalue weighted by Crippen LogP contribution is -1.83. The topological polar surface area (TPSA) is 23.8 Å². The summed E-state index contributed by atoms with van der Waals surface area (Å²) in [5.41, 5.74) is 1.01. The molecule has 15 heavy (non-hydrogen) atoms. The maximum absolute atomic E-state index is 7.99. The van der Waals surface area contributed by atoms with E-state index in [1.807, 2.05) is 44.2 Å². The second-order valence-corrected chi connectivity index (χ2v) is 4.59. The largest absolute Gasteiger partial charge is 0.198 e. The molecule has 0 aliphatic heterocycles. The second kappa shape index (κ2) is 8.46. The summed E-state index contributed by atoms with van der Waals surface area (Å²) in [7, 11) is 0. The monoisotopic (exact) mass is 237 g/mol. The number of thiocarbonyl (C=S) groups is 1. The highest BCUT2D eigenvalue weighted by atomic mass is 32.1. The van der Waals surface area contributed by atoms with E-state index in [4.69, 9.17) is 17.5 Å². The maximum Gasteiger partial charge on any atom is 0.0747 e. The number of rotatable bonds is 2. The zero-order chi connectivity index (χ0) is 11.7. The van der Waals surface area contributed by atoms with E-state index in [1.54, 1.807) is 0 Å². The molecule has 80 valence electrons. The first-order chi connectivity index (χ1) is 7.07. The molecule has 0 aliphatic rings. The van der Waals surface area contributed by atoms with Gasteiger partial charge in [0, 0.05) is 6.42 Å². The Labute approximate surface area is 103 Å². The fourth-order valence-corrected chi connectivity index (χ4v) is 1.05. The van der Waals surface area contributed by atoms with Crippen molar-refractivity contribution in [3.63, 3.8) is 0 Å². The Balaban J connectivity index is 0.000000288. The van der Waals surface area contributed by atoms with Gasteiger partial charge in [-0.3, -0.25) is 0 Å². The fraction of sp³-hybridized carbons (Fsp3) is 0.333. The third kappa shape index (κ3) is 8.17. The van der Waals surface area contributed by atoms with E-state index in [1.165, 1.54) is 0 Å². The highest BCUT2D eigenvalue weighted by Crippen LogP contribution is 2.02. The molecule has 0 spiro atoms. The average molecular weight is 237 g/mol. The van der Waals surface area contributed by atoms with Crippen molar-refractivity contribution in [3.05, 3.63) is 35.9 Å². The van der Waals surface area contributed by atoms with Crippen LogP contribution in [-0.4, -0.2) is 4.20 Å². The summed E-state index contributed by atoms with van der Waals surface area (Å²) >= 11 is 8.85. The van der Waals surface area contributed by atoms with Crippen molar-refractivity contribution in [2.45, 2.75) is 20.3 Å². The van der Waals surface area contributed by atoms with Gasteiger partial charge in [0.25, 0.3) is 0 Å². The van der Waals surface area contributed by atoms with Gasteiger partial charge in [-0.05, 0) is 11.5 Å². The first kappa shape index (κ1) is 14.2. The molecule has 0 atom stereocenters. The Hall–Kier alpha value is -0.850. The summed E-state index contributed by atoms with van der Waals surface area (Å²) in [6.07, 6.45) is 0.681. The lowest BCUT2D eigenvalue weighted by Gasteiger charge is -1.91. The summed E-state index contributed by atoms with van der Waals surface area (Å²) < 4.78 is 0.649. The molecular weight excluding hydrogens is 222 g/mol. The SMILES string of the molecule is CC(C)CC#N.S=C(S)c1ccccc1. The van der Waals surface area contributed by atoms with Crippen LogP contribution >= 0.6 is 24.8 Å². The lowest BCUT2D eigenvalue weighted by molar-refractivity contribution is 0.671. The van der Waals surface area contributed by atoms with Crippen LogP contribution in [0.25, 0.3) is 0 Å². The summed E-state index contributed by atoms with van der Waals surface area (Å²) in [6, 6.07) is 11.8. The van der Waals surface area contributed by atoms with Crippen LogP contribution in [-0.2, 0) is 0 Å². The van der Waals surface area contributed by atoms with E-state index in [0.29, 0.717) is 16.5 Å². The van der Waals surface area contributed by atoms with Crippen molar-refractivity contribution >= 4 is 29.0 Å². The molecule has 0 N–H and O–H groups in total. The highest BCUT2D eigenvalue weighted by molar-refractivity contribution is 8.11. The molecular formula is C12H15NS2. The molecule has 1 nitrogen and oxygen atoms in total. The van der Waals surface area contributed by atoms with Crippen LogP contribution in [0.15, 0.2) is 30.3 Å². The van der Waals surface area contributed by atoms with Gasteiger partial charge < -0.3 is 0 Å². The van der Waals surface area contributed by atoms with Gasteiger partial charge in [0.2, 0.25) is 0 Å². The van der Waals surface area contributed by atoms with E-state index in [2.05, 4.69) is 18.7 Å². The van der Waals surface area contributed by atoms with Crippen LogP contribution in [0.5, 0.6) is 0 Å². The van der Waals surface area contributed by atoms with E-state index in [9.17, 15) is 0 Å². The van der Waals surface area contributed by atoms with Gasteiger partial charge in [-0.2, -0.15) is 5.26 Å². The van der Waals surface area contributed by atoms with E-state index in [0.717, 1.165) is 5.56 Å². The van der Waals surface area contributed by atoms with E-state index < -0.39 is 0 Å². The van der Waals surface area contributed by atoms with Crippen molar-refractivity contribution in [1.29, 1.82) is 5.26 Å². The van der Waals surface area contributed by atoms with Crippen molar-refractivity contribution in [3.8, 4) is 6.07 Å². The predicted molar refractivity (Wildman–Crippen MR) is 72.2 cm³/mol. The van der Waals surface area contributed by atoms with Crippen LogP contribution in [0.2, 0.25) is 0 Å². The first-order valence-electron chi connectivity index (χ1n) is 4.73. The number of nitriles is 1. The van der Waals surface area contributed by atoms with Gasteiger partial charge in [0.1, 0.15) is 0 Å². The van der Waals surface area contributed by atoms with Gasteiger partial charge in [-0.15, -0.1) is 12.6 Å². The summed E-state index contributed by atoms with van der Waals surface area (Å²) in [4.78, 5) is 0. The van der Waals surface area contributed by atoms with Crippen LogP contribution in [0, 0.1) is 17.2 Å². The predicted octanol–water partition coefficient (Wildman–Crippen LogP) is 3.85. The molecule has 0 fully saturated rings. The number of hydrogen-bond donors (Lipinski definition) is 1. The summed E-state index contributed by atoms with van der Waals surface area (Å²) in [5.74, 6) is 0.537. The highest BCUT2D eigenvalue weighted by Gasteiger charge is 1.89. The van der Waals surface area contributed by atoms with Crippen LogP contribution in [0.3, 0.4) is 0 Å². The Morgan fingerprint density at radius 1 is 1.40 bits per heavy atom. The van der Waals surface area contributed by atoms with Crippen molar-refractivity contribution in [2.24, 2.45) is 5.92 Å². The normalized spacial score (nSPS) is 8.73. The Morgan fingerprint density at radius 3 is 2.13 bits per heavy atom. The molecule has 1 aromatic rings. The van der Waals surface area contributed by atoms with E-state index in [-0.39, 0.29) is 0 Å². The standard InChI is InChI=1S/C7H6S2.C5H9N/c8-7(9)6-4-2-1-3-5-6;1-5(2)3-4-6/h1-5H,(H,8,9);5H,3H2,1-2H3. The van der Waals surface area contributed by atoms with Gasteiger partial charge in [-0.25, -0.2) is 0 Å². The first-order valence-corrected chi connectivity index (χ1v) is 5.58. The molecule has 0 unspecified atom stereocenters. The Kier molecular flexibility index (Phi) is 7.98. The Bertz CT molecular complexity index is 325. The molecule has 0 amide bonds. The molecule has 0 aromatic heterocycles. The molecule has 3 heteroatoms. The average Bonchev–Trinajstić information content (AvgIpc) is 2.20. The molecule has 0 heterocycles. The van der Waals surface area contributed by atoms with Crippen molar-refractivity contribution < 1.29 is 0 Å². The number of hydrogen-bond acceptors (Lipinski definition) is 2. The van der Waals surface area contributed by atoms with Crippen molar-refractivity contribution in [1.82, 2.24) is 0 Å². The zero-order valence-corrected chi connectivity index (χ0v) is 10.7. The van der Waals surface area contributed by atoms with E-state index >= 15 is 0 Å². The van der Waals surface area contributed by atoms with Crippen LogP contribution in [0.4, 0.5) is 0 Å². The Morgan fingerprint density at radius 2 is 1.93 bits per heavy atom. The lowest BCUT2D eigenvalue weighted by atomic mass is 10.2. The minimum atomic E-state index is 0.537. The zero-order valence-electron chi connectivity index (χ0n) is 8.97. The molecule has 1 rings (SSSR count). The number of nitrogens with zero attached hydrogens (tertiary/aromatic N) is 1. The second-order valence-electron chi connectivity index (χ2n) is 3.43. The quantitative estimate of drug-likeness (QED) is 0.624. The summed E-state index contributed by atoms with van der Waals surface area (Å²) in [6.45, 7) is 4.06. The third-order valence-electron chi connectivity index (χ3n) is 1.52. The molecule has 0 saturated carbocycles. The summed E-state index contributed by atoms with van der Waals surface area (Å²) in [5, 5.41) is 7.99. The number of thiol groups is 1. The molecule has 0 bridgehead atoms. The third-order valence-corrected chi connectivity index (χ3v) is 2.01. The van der Waals surface area contributed by atoms with Gasteiger partial charge in [-0.1, -0.05) is 56.4 Å². The molecule has 0 saturated heterocycles. The van der Waals surface area contributed by atoms with Gasteiger partial charge in [0.05, 0.1) is 10.3 Å². The maximum atomic E-state index is 7.99. The fourth-order valence-electron chi connectivity index (χ4n) is 0.763. The molecule has 0 aliphatic carbocycles. The number of benzene rings is 1. The van der Waals surface area contributed by atoms with Crippen LogP contribution < -0.4 is 0 Å². The van der Waals surface area contributed by atoms with Gasteiger partial charge in [0.15, 0.2) is 0 Å². The minimum absolute atomic E-state index is 0.537. The smallest absolute Gasteiger partial charge is 0.0747 e.